The minimum atomic E-state index is -1.36. The molecule has 8 N–H and O–H groups in total. The van der Waals surface area contributed by atoms with Crippen LogP contribution in [0, 0.1) is 0 Å². The van der Waals surface area contributed by atoms with Crippen LogP contribution < -0.4 is 26.8 Å². The van der Waals surface area contributed by atoms with Gasteiger partial charge in [-0.25, -0.2) is 0 Å². The average molecular weight is 554 g/mol. The molecule has 0 radical (unpaired) electrons. The highest BCUT2D eigenvalue weighted by Gasteiger charge is 2.45. The summed E-state index contributed by atoms with van der Waals surface area (Å²) in [5, 5.41) is 45.9. The minimum Gasteiger partial charge on any atom is -0.394 e. The van der Waals surface area contributed by atoms with E-state index >= 15 is 0 Å². The van der Waals surface area contributed by atoms with E-state index in [1.54, 1.807) is 7.05 Å². The van der Waals surface area contributed by atoms with E-state index < -0.39 is 43.2 Å². The normalized spacial score (nSPS) is 24.0. The van der Waals surface area contributed by atoms with Gasteiger partial charge in [0, 0.05) is 20.5 Å². The van der Waals surface area contributed by atoms with E-state index in [9.17, 15) is 20.1 Å². The monoisotopic (exact) mass is 553 g/mol. The lowest BCUT2D eigenvalue weighted by Crippen LogP contribution is -2.64. The molecule has 1 fully saturated rings. The van der Waals surface area contributed by atoms with Crippen molar-refractivity contribution in [3.63, 3.8) is 0 Å². The Bertz CT molecular complexity index is 734. The Labute approximate surface area is 219 Å². The molecule has 5 atom stereocenters. The summed E-state index contributed by atoms with van der Waals surface area (Å²) >= 11 is 9.90. The first-order valence-electron chi connectivity index (χ1n) is 11.0. The second kappa shape index (κ2) is 19.1. The Balaban J connectivity index is 2.10. The number of rotatable bonds is 15. The first-order chi connectivity index (χ1) is 17.3. The molecule has 0 spiro atoms. The van der Waals surface area contributed by atoms with E-state index in [2.05, 4.69) is 37.0 Å². The molecule has 0 bridgehead atoms. The van der Waals surface area contributed by atoms with Crippen molar-refractivity contribution in [3.05, 3.63) is 0 Å². The van der Waals surface area contributed by atoms with Gasteiger partial charge in [0.25, 0.3) is 0 Å². The first-order valence-corrected chi connectivity index (χ1v) is 11.8. The average Bonchev–Trinajstić information content (AvgIpc) is 2.85. The summed E-state index contributed by atoms with van der Waals surface area (Å²) in [6.45, 7) is 2.53. The van der Waals surface area contributed by atoms with E-state index in [0.717, 1.165) is 0 Å². The number of hydrogen-bond donors (Lipinski definition) is 8. The molecule has 1 amide bonds. The molecule has 2 unspecified atom stereocenters. The van der Waals surface area contributed by atoms with E-state index in [1.165, 1.54) is 19.4 Å². The molecule has 1 aliphatic heterocycles. The topological polar surface area (TPSA) is 200 Å². The molecule has 17 heteroatoms. The number of amides is 1. The Kier molecular flexibility index (Phi) is 16.9. The van der Waals surface area contributed by atoms with Crippen LogP contribution >= 0.6 is 24.4 Å². The van der Waals surface area contributed by atoms with Gasteiger partial charge >= 0.3 is 0 Å². The van der Waals surface area contributed by atoms with Gasteiger partial charge in [0.05, 0.1) is 52.1 Å². The Morgan fingerprint density at radius 2 is 1.61 bits per heavy atom. The summed E-state index contributed by atoms with van der Waals surface area (Å²) in [7, 11) is 1.67. The van der Waals surface area contributed by atoms with Crippen molar-refractivity contribution < 1.29 is 39.1 Å². The van der Waals surface area contributed by atoms with Gasteiger partial charge in [-0.1, -0.05) is 0 Å². The third-order valence-corrected chi connectivity index (χ3v) is 4.97. The van der Waals surface area contributed by atoms with Gasteiger partial charge in [0.15, 0.2) is 16.5 Å². The van der Waals surface area contributed by atoms with Gasteiger partial charge in [-0.3, -0.25) is 15.6 Å². The number of aliphatic hydroxyl groups excluding tert-OH is 3. The van der Waals surface area contributed by atoms with Crippen molar-refractivity contribution >= 4 is 53.0 Å². The Morgan fingerprint density at radius 3 is 2.22 bits per heavy atom. The molecule has 206 valence electrons. The molecular weight excluding hydrogens is 518 g/mol. The number of ether oxygens (including phenoxy) is 4. The van der Waals surface area contributed by atoms with E-state index in [4.69, 9.17) is 43.4 Å². The van der Waals surface area contributed by atoms with Crippen LogP contribution in [0.25, 0.3) is 0 Å². The summed E-state index contributed by atoms with van der Waals surface area (Å²) in [5.74, 6) is -0.425. The number of hydrazone groups is 2. The zero-order chi connectivity index (χ0) is 26.8. The fourth-order valence-corrected chi connectivity index (χ4v) is 2.96. The van der Waals surface area contributed by atoms with Gasteiger partial charge < -0.3 is 50.2 Å². The fourth-order valence-electron chi connectivity index (χ4n) is 2.75. The van der Waals surface area contributed by atoms with Crippen LogP contribution in [-0.4, -0.2) is 128 Å². The molecule has 1 aliphatic rings. The minimum absolute atomic E-state index is 0.0900. The molecule has 0 aromatic rings. The summed E-state index contributed by atoms with van der Waals surface area (Å²) in [5.41, 5.74) is 5.18. The van der Waals surface area contributed by atoms with Crippen molar-refractivity contribution in [2.24, 2.45) is 10.2 Å². The first kappa shape index (κ1) is 31.9. The highest BCUT2D eigenvalue weighted by molar-refractivity contribution is 7.80. The maximum absolute atomic E-state index is 11.4. The number of aliphatic hydroxyl groups is 3. The summed E-state index contributed by atoms with van der Waals surface area (Å²) in [4.78, 5) is 11.4. The second-order valence-electron chi connectivity index (χ2n) is 7.14. The number of nitrogens with one attached hydrogen (secondary N) is 5. The van der Waals surface area contributed by atoms with Crippen LogP contribution in [0.5, 0.6) is 0 Å². The number of nitrogens with zero attached hydrogens (tertiary/aromatic N) is 2. The maximum Gasteiger partial charge on any atom is 0.217 e. The lowest BCUT2D eigenvalue weighted by atomic mass is 9.97. The molecular formula is C19H35N7O8S2. The predicted octanol–water partition coefficient (Wildman–Crippen LogP) is -3.49. The van der Waals surface area contributed by atoms with E-state index in [-0.39, 0.29) is 13.2 Å². The van der Waals surface area contributed by atoms with Crippen LogP contribution in [-0.2, 0) is 23.7 Å². The molecule has 0 aliphatic carbocycles. The van der Waals surface area contributed by atoms with Crippen LogP contribution in [0.4, 0.5) is 0 Å². The zero-order valence-corrected chi connectivity index (χ0v) is 21.7. The summed E-state index contributed by atoms with van der Waals surface area (Å²) in [6.07, 6.45) is -2.02. The predicted molar refractivity (Wildman–Crippen MR) is 138 cm³/mol. The zero-order valence-electron chi connectivity index (χ0n) is 20.1. The van der Waals surface area contributed by atoms with Crippen molar-refractivity contribution in [1.82, 2.24) is 26.8 Å². The third kappa shape index (κ3) is 13.3. The van der Waals surface area contributed by atoms with Crippen molar-refractivity contribution in [2.45, 2.75) is 37.6 Å². The number of hydrogen-bond acceptors (Lipinski definition) is 12. The maximum atomic E-state index is 11.4. The lowest BCUT2D eigenvalue weighted by molar-refractivity contribution is -0.272. The highest BCUT2D eigenvalue weighted by Crippen LogP contribution is 2.22. The molecule has 0 aromatic heterocycles. The largest absolute Gasteiger partial charge is 0.394 e. The molecule has 15 nitrogen and oxygen atoms in total. The van der Waals surface area contributed by atoms with Crippen LogP contribution in [0.2, 0.25) is 0 Å². The number of carbonyl (C=O) groups is 1. The number of carbonyl (C=O) groups excluding carboxylic acids is 1. The van der Waals surface area contributed by atoms with Gasteiger partial charge in [0.2, 0.25) is 5.91 Å². The second-order valence-corrected chi connectivity index (χ2v) is 7.96. The summed E-state index contributed by atoms with van der Waals surface area (Å²) < 4.78 is 21.8. The SMILES string of the molecule is CNC(=S)NN=CC=NNC(=S)NCCOCCOCCO[C@@H]1OC(CO)[C@H](O)[C@H](O)C1NC(C)=O. The van der Waals surface area contributed by atoms with Crippen LogP contribution in [0.15, 0.2) is 10.2 Å². The summed E-state index contributed by atoms with van der Waals surface area (Å²) in [6, 6.07) is -0.991. The van der Waals surface area contributed by atoms with E-state index in [0.29, 0.717) is 36.6 Å². The van der Waals surface area contributed by atoms with Gasteiger partial charge in [0.1, 0.15) is 24.4 Å². The van der Waals surface area contributed by atoms with Crippen molar-refractivity contribution in [1.29, 1.82) is 0 Å². The smallest absolute Gasteiger partial charge is 0.217 e. The lowest BCUT2D eigenvalue weighted by Gasteiger charge is -2.42. The van der Waals surface area contributed by atoms with E-state index in [1.807, 2.05) is 0 Å². The van der Waals surface area contributed by atoms with Gasteiger partial charge in [-0.2, -0.15) is 10.2 Å². The van der Waals surface area contributed by atoms with Crippen LogP contribution in [0.3, 0.4) is 0 Å². The molecule has 1 rings (SSSR count). The van der Waals surface area contributed by atoms with Crippen LogP contribution in [0.1, 0.15) is 6.92 Å². The van der Waals surface area contributed by atoms with Crippen molar-refractivity contribution in [3.8, 4) is 0 Å². The number of thiocarbonyl (C=S) groups is 2. The standard InChI is InChI=1S/C19H35N7O8S2/c1-12(28)24-14-16(30)15(29)13(11-27)34-17(14)33-10-9-32-8-7-31-6-5-21-19(36)26-23-4-3-22-25-18(35)20-2/h3-4,13-17,27,29-30H,5-11H2,1-2H3,(H,24,28)(H2,20,25,35)(H2,21,26,36)/t13?,14?,15-,16+,17+/m0/s1. The van der Waals surface area contributed by atoms with Gasteiger partial charge in [-0.15, -0.1) is 0 Å². The third-order valence-electron chi connectivity index (χ3n) is 4.44. The van der Waals surface area contributed by atoms with Crippen molar-refractivity contribution in [2.75, 3.05) is 53.2 Å². The van der Waals surface area contributed by atoms with Gasteiger partial charge in [-0.05, 0) is 24.4 Å². The highest BCUT2D eigenvalue weighted by atomic mass is 32.1. The fraction of sp³-hybridized carbons (Fsp3) is 0.737. The molecule has 0 aromatic carbocycles. The Morgan fingerprint density at radius 1 is 1.00 bits per heavy atom. The molecule has 0 saturated carbocycles. The molecule has 1 heterocycles. The molecule has 1 saturated heterocycles. The molecule has 36 heavy (non-hydrogen) atoms. The Hall–Kier alpha value is -2.09. The quantitative estimate of drug-likeness (QED) is 0.0430.